The average Bonchev–Trinajstić information content (AvgIpc) is 2.65. The highest BCUT2D eigenvalue weighted by atomic mass is 16.2. The lowest BCUT2D eigenvalue weighted by Gasteiger charge is -2.19. The highest BCUT2D eigenvalue weighted by Crippen LogP contribution is 2.21. The van der Waals surface area contributed by atoms with Crippen LogP contribution in [-0.4, -0.2) is 31.4 Å². The standard InChI is InChI=1S/C21H26N4O3/c1-13-10-14(2)18(15(3)11-13)24-17(26)12-23-19(16-8-6-5-7-9-16)20(27)25-21(28)22-4/h5-11,19,23H,12H2,1-4H3,(H,24,26)(H2,22,25,27,28)/t19-/m1/s1. The van der Waals surface area contributed by atoms with E-state index in [0.717, 1.165) is 22.4 Å². The van der Waals surface area contributed by atoms with Crippen molar-refractivity contribution in [1.82, 2.24) is 16.0 Å². The SMILES string of the molecule is CNC(=O)NC(=O)[C@H](NCC(=O)Nc1c(C)cc(C)cc1C)c1ccccc1. The summed E-state index contributed by atoms with van der Waals surface area (Å²) in [7, 11) is 1.42. The summed E-state index contributed by atoms with van der Waals surface area (Å²) in [4.78, 5) is 36.4. The molecule has 0 aromatic heterocycles. The molecule has 0 heterocycles. The fourth-order valence-corrected chi connectivity index (χ4v) is 3.01. The summed E-state index contributed by atoms with van der Waals surface area (Å²) < 4.78 is 0. The number of urea groups is 1. The van der Waals surface area contributed by atoms with Gasteiger partial charge in [-0.2, -0.15) is 0 Å². The maximum atomic E-state index is 12.5. The molecule has 0 aliphatic rings. The Kier molecular flexibility index (Phi) is 7.28. The van der Waals surface area contributed by atoms with Crippen molar-refractivity contribution in [3.05, 3.63) is 64.7 Å². The van der Waals surface area contributed by atoms with Gasteiger partial charge in [0.2, 0.25) is 11.8 Å². The zero-order valence-corrected chi connectivity index (χ0v) is 16.6. The van der Waals surface area contributed by atoms with E-state index in [1.165, 1.54) is 7.05 Å². The fraction of sp³-hybridized carbons (Fsp3) is 0.286. The Morgan fingerprint density at radius 1 is 0.964 bits per heavy atom. The van der Waals surface area contributed by atoms with Crippen molar-refractivity contribution in [2.45, 2.75) is 26.8 Å². The van der Waals surface area contributed by atoms with Crippen LogP contribution in [0.2, 0.25) is 0 Å². The van der Waals surface area contributed by atoms with Crippen molar-refractivity contribution in [1.29, 1.82) is 0 Å². The number of amides is 4. The third kappa shape index (κ3) is 5.65. The number of aryl methyl sites for hydroxylation is 3. The van der Waals surface area contributed by atoms with Crippen LogP contribution >= 0.6 is 0 Å². The Bertz CT molecular complexity index is 842. The van der Waals surface area contributed by atoms with Gasteiger partial charge < -0.3 is 10.6 Å². The van der Waals surface area contributed by atoms with Crippen LogP contribution in [0.3, 0.4) is 0 Å². The predicted octanol–water partition coefficient (Wildman–Crippen LogP) is 2.34. The van der Waals surface area contributed by atoms with E-state index in [-0.39, 0.29) is 12.5 Å². The molecule has 7 heteroatoms. The number of hydrogen-bond acceptors (Lipinski definition) is 4. The van der Waals surface area contributed by atoms with Crippen molar-refractivity contribution in [2.75, 3.05) is 18.9 Å². The van der Waals surface area contributed by atoms with Gasteiger partial charge in [-0.3, -0.25) is 20.2 Å². The van der Waals surface area contributed by atoms with Gasteiger partial charge in [0.1, 0.15) is 6.04 Å². The summed E-state index contributed by atoms with van der Waals surface area (Å²) in [6, 6.07) is 11.5. The molecule has 2 rings (SSSR count). The molecule has 0 aliphatic heterocycles. The molecule has 2 aromatic carbocycles. The van der Waals surface area contributed by atoms with Gasteiger partial charge in [-0.25, -0.2) is 4.79 Å². The predicted molar refractivity (Wildman–Crippen MR) is 109 cm³/mol. The van der Waals surface area contributed by atoms with Gasteiger partial charge >= 0.3 is 6.03 Å². The third-order valence-electron chi connectivity index (χ3n) is 4.27. The molecule has 0 radical (unpaired) electrons. The summed E-state index contributed by atoms with van der Waals surface area (Å²) in [5, 5.41) is 10.4. The van der Waals surface area contributed by atoms with Crippen LogP contribution in [0, 0.1) is 20.8 Å². The first kappa shape index (κ1) is 21.1. The maximum Gasteiger partial charge on any atom is 0.321 e. The second-order valence-electron chi connectivity index (χ2n) is 6.61. The van der Waals surface area contributed by atoms with Gasteiger partial charge in [-0.15, -0.1) is 0 Å². The Balaban J connectivity index is 2.09. The van der Waals surface area contributed by atoms with Crippen molar-refractivity contribution in [3.8, 4) is 0 Å². The van der Waals surface area contributed by atoms with Crippen LogP contribution in [0.15, 0.2) is 42.5 Å². The Morgan fingerprint density at radius 2 is 1.57 bits per heavy atom. The normalized spacial score (nSPS) is 11.4. The van der Waals surface area contributed by atoms with Crippen molar-refractivity contribution >= 4 is 23.5 Å². The number of nitrogens with one attached hydrogen (secondary N) is 4. The summed E-state index contributed by atoms with van der Waals surface area (Å²) in [6.07, 6.45) is 0. The molecule has 148 valence electrons. The molecule has 0 unspecified atom stereocenters. The second-order valence-corrected chi connectivity index (χ2v) is 6.61. The number of carbonyl (C=O) groups is 3. The number of rotatable bonds is 6. The molecule has 0 fully saturated rings. The van der Waals surface area contributed by atoms with E-state index in [1.54, 1.807) is 24.3 Å². The van der Waals surface area contributed by atoms with E-state index in [9.17, 15) is 14.4 Å². The van der Waals surface area contributed by atoms with E-state index in [1.807, 2.05) is 39.0 Å². The second kappa shape index (κ2) is 9.66. The zero-order valence-electron chi connectivity index (χ0n) is 16.6. The molecule has 1 atom stereocenters. The number of carbonyl (C=O) groups excluding carboxylic acids is 3. The first-order chi connectivity index (χ1) is 13.3. The summed E-state index contributed by atoms with van der Waals surface area (Å²) in [5.41, 5.74) is 4.50. The van der Waals surface area contributed by atoms with E-state index >= 15 is 0 Å². The van der Waals surface area contributed by atoms with E-state index in [0.29, 0.717) is 5.56 Å². The Morgan fingerprint density at radius 3 is 2.14 bits per heavy atom. The van der Waals surface area contributed by atoms with Gasteiger partial charge in [0.15, 0.2) is 0 Å². The third-order valence-corrected chi connectivity index (χ3v) is 4.27. The molecule has 28 heavy (non-hydrogen) atoms. The van der Waals surface area contributed by atoms with Gasteiger partial charge in [0, 0.05) is 12.7 Å². The van der Waals surface area contributed by atoms with Gasteiger partial charge in [-0.05, 0) is 37.5 Å². The first-order valence-corrected chi connectivity index (χ1v) is 9.00. The van der Waals surface area contributed by atoms with E-state index in [4.69, 9.17) is 0 Å². The molecule has 7 nitrogen and oxygen atoms in total. The van der Waals surface area contributed by atoms with Crippen LogP contribution in [-0.2, 0) is 9.59 Å². The van der Waals surface area contributed by atoms with Gasteiger partial charge in [-0.1, -0.05) is 48.0 Å². The molecule has 0 saturated heterocycles. The largest absolute Gasteiger partial charge is 0.341 e. The van der Waals surface area contributed by atoms with Crippen LogP contribution in [0.1, 0.15) is 28.3 Å². The maximum absolute atomic E-state index is 12.5. The van der Waals surface area contributed by atoms with Crippen molar-refractivity contribution in [2.24, 2.45) is 0 Å². The molecule has 2 aromatic rings. The molecule has 0 spiro atoms. The summed E-state index contributed by atoms with van der Waals surface area (Å²) in [5.74, 6) is -0.815. The monoisotopic (exact) mass is 382 g/mol. The van der Waals surface area contributed by atoms with Crippen LogP contribution in [0.25, 0.3) is 0 Å². The molecule has 4 N–H and O–H groups in total. The molecular formula is C21H26N4O3. The van der Waals surface area contributed by atoms with Crippen LogP contribution in [0.5, 0.6) is 0 Å². The van der Waals surface area contributed by atoms with Gasteiger partial charge in [0.05, 0.1) is 6.54 Å². The average molecular weight is 382 g/mol. The van der Waals surface area contributed by atoms with Crippen LogP contribution < -0.4 is 21.3 Å². The first-order valence-electron chi connectivity index (χ1n) is 9.00. The highest BCUT2D eigenvalue weighted by Gasteiger charge is 2.22. The van der Waals surface area contributed by atoms with Crippen molar-refractivity contribution < 1.29 is 14.4 Å². The summed E-state index contributed by atoms with van der Waals surface area (Å²) >= 11 is 0. The van der Waals surface area contributed by atoms with Gasteiger partial charge in [0.25, 0.3) is 0 Å². The smallest absolute Gasteiger partial charge is 0.321 e. The number of anilines is 1. The minimum absolute atomic E-state index is 0.0898. The number of imide groups is 1. The molecule has 0 aliphatic carbocycles. The van der Waals surface area contributed by atoms with E-state index in [2.05, 4.69) is 21.3 Å². The summed E-state index contributed by atoms with van der Waals surface area (Å²) in [6.45, 7) is 5.79. The lowest BCUT2D eigenvalue weighted by molar-refractivity contribution is -0.122. The lowest BCUT2D eigenvalue weighted by atomic mass is 10.0. The minimum Gasteiger partial charge on any atom is -0.341 e. The van der Waals surface area contributed by atoms with Crippen molar-refractivity contribution in [3.63, 3.8) is 0 Å². The topological polar surface area (TPSA) is 99.3 Å². The quantitative estimate of drug-likeness (QED) is 0.616. The molecule has 4 amide bonds. The molecular weight excluding hydrogens is 356 g/mol. The minimum atomic E-state index is -0.843. The Labute approximate surface area is 164 Å². The van der Waals surface area contributed by atoms with Crippen LogP contribution in [0.4, 0.5) is 10.5 Å². The number of hydrogen-bond donors (Lipinski definition) is 4. The zero-order chi connectivity index (χ0) is 20.7. The highest BCUT2D eigenvalue weighted by molar-refractivity contribution is 5.98. The van der Waals surface area contributed by atoms with E-state index < -0.39 is 18.0 Å². The lowest BCUT2D eigenvalue weighted by Crippen LogP contribution is -2.45. The molecule has 0 saturated carbocycles. The Hall–Kier alpha value is -3.19. The fourth-order valence-electron chi connectivity index (χ4n) is 3.01. The number of benzene rings is 2. The molecule has 0 bridgehead atoms.